The molecule has 1 aromatic heterocycles. The molecule has 14 heteroatoms. The van der Waals surface area contributed by atoms with Crippen LogP contribution >= 0.6 is 34.5 Å². The summed E-state index contributed by atoms with van der Waals surface area (Å²) in [4.78, 5) is 16.7. The first-order valence-electron chi connectivity index (χ1n) is 10.8. The molecule has 9 nitrogen and oxygen atoms in total. The first kappa shape index (κ1) is 26.8. The molecule has 1 aliphatic heterocycles. The van der Waals surface area contributed by atoms with E-state index in [9.17, 15) is 21.6 Å². The van der Waals surface area contributed by atoms with E-state index in [4.69, 9.17) is 23.2 Å². The van der Waals surface area contributed by atoms with Gasteiger partial charge in [0.05, 0.1) is 20.7 Å². The molecule has 2 N–H and O–H groups in total. The van der Waals surface area contributed by atoms with Crippen molar-refractivity contribution in [1.82, 2.24) is 9.29 Å². The minimum absolute atomic E-state index is 0.0381. The van der Waals surface area contributed by atoms with Gasteiger partial charge < -0.3 is 5.32 Å². The highest BCUT2D eigenvalue weighted by Crippen LogP contribution is 2.27. The molecule has 0 saturated carbocycles. The second-order valence-electron chi connectivity index (χ2n) is 8.13. The summed E-state index contributed by atoms with van der Waals surface area (Å²) in [6, 6.07) is 10.5. The predicted octanol–water partition coefficient (Wildman–Crippen LogP) is 4.43. The van der Waals surface area contributed by atoms with E-state index in [1.165, 1.54) is 40.8 Å². The van der Waals surface area contributed by atoms with Crippen LogP contribution in [0.25, 0.3) is 0 Å². The summed E-state index contributed by atoms with van der Waals surface area (Å²) in [5.74, 6) is -0.808. The Morgan fingerprint density at radius 1 is 1.03 bits per heavy atom. The fraction of sp³-hybridized carbons (Fsp3) is 0.273. The van der Waals surface area contributed by atoms with Crippen LogP contribution in [0.5, 0.6) is 0 Å². The van der Waals surface area contributed by atoms with E-state index < -0.39 is 20.0 Å². The van der Waals surface area contributed by atoms with Gasteiger partial charge in [-0.1, -0.05) is 29.3 Å². The summed E-state index contributed by atoms with van der Waals surface area (Å²) in [6.45, 7) is 0.447. The average molecular weight is 590 g/mol. The Kier molecular flexibility index (Phi) is 8.22. The number of piperidine rings is 1. The molecular formula is C22H22Cl2N4O5S3. The van der Waals surface area contributed by atoms with Crippen LogP contribution in [-0.4, -0.2) is 45.1 Å². The van der Waals surface area contributed by atoms with Gasteiger partial charge in [0.1, 0.15) is 0 Å². The third-order valence-corrected chi connectivity index (χ3v) is 10.4. The molecular weight excluding hydrogens is 567 g/mol. The topological polar surface area (TPSA) is 126 Å². The first-order valence-corrected chi connectivity index (χ1v) is 15.5. The molecule has 0 bridgehead atoms. The number of amides is 1. The highest BCUT2D eigenvalue weighted by atomic mass is 35.5. The number of thiazole rings is 1. The fourth-order valence-corrected chi connectivity index (χ4v) is 7.40. The molecule has 1 aliphatic rings. The summed E-state index contributed by atoms with van der Waals surface area (Å²) < 4.78 is 54.3. The van der Waals surface area contributed by atoms with Crippen molar-refractivity contribution in [2.75, 3.05) is 23.1 Å². The lowest BCUT2D eigenvalue weighted by atomic mass is 9.97. The Morgan fingerprint density at radius 3 is 2.33 bits per heavy atom. The Balaban J connectivity index is 1.31. The lowest BCUT2D eigenvalue weighted by Crippen LogP contribution is -2.41. The molecule has 0 radical (unpaired) electrons. The van der Waals surface area contributed by atoms with Crippen molar-refractivity contribution in [2.24, 2.45) is 5.92 Å². The van der Waals surface area contributed by atoms with Crippen molar-refractivity contribution in [3.05, 3.63) is 69.7 Å². The second kappa shape index (κ2) is 11.0. The number of sulfonamides is 2. The maximum Gasteiger partial charge on any atom is 0.263 e. The molecule has 3 aromatic rings. The highest BCUT2D eigenvalue weighted by molar-refractivity contribution is 7.93. The summed E-state index contributed by atoms with van der Waals surface area (Å²) in [7, 11) is -7.37. The van der Waals surface area contributed by atoms with Crippen LogP contribution in [-0.2, 0) is 30.6 Å². The van der Waals surface area contributed by atoms with Crippen molar-refractivity contribution in [3.8, 4) is 0 Å². The quantitative estimate of drug-likeness (QED) is 0.401. The molecule has 2 heterocycles. The van der Waals surface area contributed by atoms with Gasteiger partial charge >= 0.3 is 0 Å². The lowest BCUT2D eigenvalue weighted by molar-refractivity contribution is -0.120. The van der Waals surface area contributed by atoms with E-state index in [2.05, 4.69) is 15.0 Å². The molecule has 2 aromatic carbocycles. The smallest absolute Gasteiger partial charge is 0.263 e. The highest BCUT2D eigenvalue weighted by Gasteiger charge is 2.31. The van der Waals surface area contributed by atoms with Gasteiger partial charge in [-0.05, 0) is 54.8 Å². The minimum Gasteiger partial charge on any atom is -0.326 e. The largest absolute Gasteiger partial charge is 0.326 e. The van der Waals surface area contributed by atoms with Gasteiger partial charge in [0.15, 0.2) is 5.13 Å². The van der Waals surface area contributed by atoms with Crippen molar-refractivity contribution in [1.29, 1.82) is 0 Å². The number of rotatable bonds is 8. The summed E-state index contributed by atoms with van der Waals surface area (Å²) in [5, 5.41) is 5.35. The fourth-order valence-electron chi connectivity index (χ4n) is 3.74. The number of halogens is 2. The van der Waals surface area contributed by atoms with Gasteiger partial charge in [0, 0.05) is 36.3 Å². The number of hydrogen-bond donors (Lipinski definition) is 2. The molecule has 0 aliphatic carbocycles. The van der Waals surface area contributed by atoms with Crippen molar-refractivity contribution < 1.29 is 21.6 Å². The normalized spacial score (nSPS) is 15.5. The molecule has 0 spiro atoms. The van der Waals surface area contributed by atoms with Crippen molar-refractivity contribution in [2.45, 2.75) is 23.5 Å². The number of aromatic nitrogens is 1. The zero-order valence-electron chi connectivity index (χ0n) is 18.7. The molecule has 1 fully saturated rings. The van der Waals surface area contributed by atoms with E-state index in [0.29, 0.717) is 34.1 Å². The van der Waals surface area contributed by atoms with Gasteiger partial charge in [0.25, 0.3) is 10.0 Å². The first-order chi connectivity index (χ1) is 17.0. The zero-order chi connectivity index (χ0) is 25.9. The lowest BCUT2D eigenvalue weighted by Gasteiger charge is -2.30. The monoisotopic (exact) mass is 588 g/mol. The molecule has 4 rings (SSSR count). The van der Waals surface area contributed by atoms with E-state index in [1.807, 2.05) is 0 Å². The van der Waals surface area contributed by atoms with E-state index in [1.54, 1.807) is 17.5 Å². The van der Waals surface area contributed by atoms with Crippen LogP contribution in [0.1, 0.15) is 18.4 Å². The number of nitrogens with one attached hydrogen (secondary N) is 2. The van der Waals surface area contributed by atoms with Crippen LogP contribution in [0.15, 0.2) is 58.9 Å². The van der Waals surface area contributed by atoms with Crippen LogP contribution in [0.4, 0.5) is 10.8 Å². The summed E-state index contributed by atoms with van der Waals surface area (Å²) >= 11 is 13.0. The van der Waals surface area contributed by atoms with Gasteiger partial charge in [-0.25, -0.2) is 26.1 Å². The Hall–Kier alpha value is -2.22. The number of anilines is 2. The Labute approximate surface area is 223 Å². The number of carbonyl (C=O) groups excluding carboxylic acids is 1. The molecule has 192 valence electrons. The van der Waals surface area contributed by atoms with E-state index in [0.717, 1.165) is 11.3 Å². The molecule has 1 saturated heterocycles. The summed E-state index contributed by atoms with van der Waals surface area (Å²) in [5.41, 5.74) is 0.986. The average Bonchev–Trinajstić information content (AvgIpc) is 3.34. The van der Waals surface area contributed by atoms with E-state index in [-0.39, 0.29) is 40.7 Å². The molecule has 1 amide bonds. The van der Waals surface area contributed by atoms with Gasteiger partial charge in [-0.15, -0.1) is 11.3 Å². The van der Waals surface area contributed by atoms with Crippen LogP contribution in [0.3, 0.4) is 0 Å². The molecule has 0 atom stereocenters. The zero-order valence-corrected chi connectivity index (χ0v) is 22.7. The third kappa shape index (κ3) is 6.55. The van der Waals surface area contributed by atoms with Crippen LogP contribution in [0.2, 0.25) is 10.0 Å². The van der Waals surface area contributed by atoms with E-state index >= 15 is 0 Å². The third-order valence-electron chi connectivity index (χ3n) is 5.64. The maximum atomic E-state index is 12.8. The van der Waals surface area contributed by atoms with Gasteiger partial charge in [0.2, 0.25) is 15.9 Å². The molecule has 36 heavy (non-hydrogen) atoms. The van der Waals surface area contributed by atoms with Crippen molar-refractivity contribution in [3.63, 3.8) is 0 Å². The summed E-state index contributed by atoms with van der Waals surface area (Å²) in [6.07, 6.45) is 2.24. The van der Waals surface area contributed by atoms with Crippen LogP contribution < -0.4 is 10.0 Å². The molecule has 0 unspecified atom stereocenters. The second-order valence-corrected chi connectivity index (χ2v) is 13.5. The van der Waals surface area contributed by atoms with Gasteiger partial charge in [-0.2, -0.15) is 0 Å². The minimum atomic E-state index is -3.79. The maximum absolute atomic E-state index is 12.8. The Bertz CT molecular complexity index is 1440. The number of benzene rings is 2. The van der Waals surface area contributed by atoms with Gasteiger partial charge in [-0.3, -0.25) is 9.52 Å². The number of carbonyl (C=O) groups is 1. The SMILES string of the molecule is O=C(Nc1ccc(S(=O)(=O)Nc2nccs2)cc1)C1CCN(S(=O)(=O)Cc2ccc(Cl)c(Cl)c2)CC1. The van der Waals surface area contributed by atoms with Crippen molar-refractivity contribution >= 4 is 71.3 Å². The number of hydrogen-bond acceptors (Lipinski definition) is 7. The van der Waals surface area contributed by atoms with Crippen LogP contribution in [0, 0.1) is 5.92 Å². The Morgan fingerprint density at radius 2 is 1.72 bits per heavy atom. The standard InChI is InChI=1S/C22H22Cl2N4O5S3/c23-19-6-1-15(13-20(19)24)14-35(30,31)28-10-7-16(8-11-28)21(29)26-17-2-4-18(5-3-17)36(32,33)27-22-25-9-12-34-22/h1-6,9,12-13,16H,7-8,10-11,14H2,(H,25,27)(H,26,29). The number of nitrogens with zero attached hydrogens (tertiary/aromatic N) is 2. The predicted molar refractivity (Wildman–Crippen MR) is 141 cm³/mol.